The first kappa shape index (κ1) is 19.7. The molecule has 0 atom stereocenters. The molecule has 2 aromatic rings. The molecule has 0 spiro atoms. The first-order chi connectivity index (χ1) is 12.4. The van der Waals surface area contributed by atoms with Gasteiger partial charge in [-0.05, 0) is 55.7 Å². The molecule has 0 aliphatic rings. The van der Waals surface area contributed by atoms with Gasteiger partial charge in [-0.15, -0.1) is 0 Å². The van der Waals surface area contributed by atoms with Crippen LogP contribution in [-0.4, -0.2) is 23.4 Å². The van der Waals surface area contributed by atoms with Crippen LogP contribution in [0.1, 0.15) is 29.7 Å². The molecule has 1 heterocycles. The Balaban J connectivity index is 1.62. The average molecular weight is 376 g/mol. The number of hydrogen-bond donors (Lipinski definition) is 2. The van der Waals surface area contributed by atoms with Gasteiger partial charge >= 0.3 is 0 Å². The largest absolute Gasteiger partial charge is 0.493 e. The second-order valence-corrected chi connectivity index (χ2v) is 6.38. The number of hydrogen-bond acceptors (Lipinski definition) is 4. The lowest BCUT2D eigenvalue weighted by Gasteiger charge is -2.10. The van der Waals surface area contributed by atoms with Gasteiger partial charge in [0.05, 0.1) is 13.0 Å². The number of nitrogens with one attached hydrogen (secondary N) is 2. The van der Waals surface area contributed by atoms with Gasteiger partial charge in [0.2, 0.25) is 11.8 Å². The summed E-state index contributed by atoms with van der Waals surface area (Å²) in [4.78, 5) is 27.7. The Morgan fingerprint density at radius 1 is 1.12 bits per heavy atom. The van der Waals surface area contributed by atoms with Gasteiger partial charge in [-0.3, -0.25) is 25.4 Å². The zero-order chi connectivity index (χ0) is 18.9. The molecule has 6 nitrogen and oxygen atoms in total. The standard InChI is InChI=1S/C19H22ClN3O3/c1-13-10-16(20)7-8-17(13)26-9-3-4-18(24)22-23-19(25)11-15-6-5-14(2)21-12-15/h5-8,10,12H,3-4,9,11H2,1-2H3,(H,22,24)(H,23,25). The van der Waals surface area contributed by atoms with E-state index in [0.717, 1.165) is 22.6 Å². The molecular weight excluding hydrogens is 354 g/mol. The van der Waals surface area contributed by atoms with Crippen LogP contribution in [0.25, 0.3) is 0 Å². The number of carbonyl (C=O) groups excluding carboxylic acids is 2. The zero-order valence-corrected chi connectivity index (χ0v) is 15.6. The number of aryl methyl sites for hydroxylation is 2. The highest BCUT2D eigenvalue weighted by Crippen LogP contribution is 2.21. The summed E-state index contributed by atoms with van der Waals surface area (Å²) >= 11 is 5.89. The lowest BCUT2D eigenvalue weighted by atomic mass is 10.2. The number of amides is 2. The Labute approximate surface area is 157 Å². The Kier molecular flexibility index (Phi) is 7.41. The SMILES string of the molecule is Cc1ccc(CC(=O)NNC(=O)CCCOc2ccc(Cl)cc2C)cn1. The fourth-order valence-corrected chi connectivity index (χ4v) is 2.45. The van der Waals surface area contributed by atoms with E-state index in [1.165, 1.54) is 0 Å². The highest BCUT2D eigenvalue weighted by Gasteiger charge is 2.07. The molecule has 0 fully saturated rings. The van der Waals surface area contributed by atoms with E-state index in [4.69, 9.17) is 16.3 Å². The summed E-state index contributed by atoms with van der Waals surface area (Å²) in [6.07, 6.45) is 2.59. The van der Waals surface area contributed by atoms with Crippen LogP contribution in [0.2, 0.25) is 5.02 Å². The molecule has 2 rings (SSSR count). The summed E-state index contributed by atoms with van der Waals surface area (Å²) in [5.41, 5.74) is 7.42. The van der Waals surface area contributed by atoms with Crippen molar-refractivity contribution < 1.29 is 14.3 Å². The van der Waals surface area contributed by atoms with Gasteiger partial charge in [0.15, 0.2) is 0 Å². The molecule has 0 unspecified atom stereocenters. The topological polar surface area (TPSA) is 80.3 Å². The Bertz CT molecular complexity index is 763. The van der Waals surface area contributed by atoms with E-state index < -0.39 is 0 Å². The monoisotopic (exact) mass is 375 g/mol. The normalized spacial score (nSPS) is 10.3. The summed E-state index contributed by atoms with van der Waals surface area (Å²) in [5, 5.41) is 0.659. The van der Waals surface area contributed by atoms with Crippen LogP contribution in [0.3, 0.4) is 0 Å². The quantitative estimate of drug-likeness (QED) is 0.576. The zero-order valence-electron chi connectivity index (χ0n) is 14.8. The highest BCUT2D eigenvalue weighted by molar-refractivity contribution is 6.30. The molecule has 1 aromatic heterocycles. The van der Waals surface area contributed by atoms with Crippen molar-refractivity contribution in [3.63, 3.8) is 0 Å². The lowest BCUT2D eigenvalue weighted by Crippen LogP contribution is -2.42. The van der Waals surface area contributed by atoms with Crippen LogP contribution in [0.5, 0.6) is 5.75 Å². The number of halogens is 1. The van der Waals surface area contributed by atoms with Crippen LogP contribution in [0.4, 0.5) is 0 Å². The first-order valence-corrected chi connectivity index (χ1v) is 8.70. The molecule has 2 amide bonds. The van der Waals surface area contributed by atoms with Crippen molar-refractivity contribution >= 4 is 23.4 Å². The van der Waals surface area contributed by atoms with Gasteiger partial charge < -0.3 is 4.74 Å². The number of ether oxygens (including phenoxy) is 1. The van der Waals surface area contributed by atoms with Gasteiger partial charge in [0.1, 0.15) is 5.75 Å². The number of rotatable bonds is 7. The molecule has 0 aliphatic carbocycles. The average Bonchev–Trinajstić information content (AvgIpc) is 2.60. The second-order valence-electron chi connectivity index (χ2n) is 5.94. The van der Waals surface area contributed by atoms with E-state index in [9.17, 15) is 9.59 Å². The molecular formula is C19H22ClN3O3. The molecule has 1 aromatic carbocycles. The molecule has 0 saturated heterocycles. The fourth-order valence-electron chi connectivity index (χ4n) is 2.22. The molecule has 138 valence electrons. The highest BCUT2D eigenvalue weighted by atomic mass is 35.5. The third-order valence-electron chi connectivity index (χ3n) is 3.62. The fraction of sp³-hybridized carbons (Fsp3) is 0.316. The minimum absolute atomic E-state index is 0.159. The number of benzene rings is 1. The van der Waals surface area contributed by atoms with E-state index >= 15 is 0 Å². The van der Waals surface area contributed by atoms with Gasteiger partial charge in [-0.2, -0.15) is 0 Å². The number of carbonyl (C=O) groups is 2. The van der Waals surface area contributed by atoms with E-state index in [2.05, 4.69) is 15.8 Å². The summed E-state index contributed by atoms with van der Waals surface area (Å²) in [6, 6.07) is 9.06. The Morgan fingerprint density at radius 2 is 1.88 bits per heavy atom. The smallest absolute Gasteiger partial charge is 0.242 e. The van der Waals surface area contributed by atoms with Crippen LogP contribution < -0.4 is 15.6 Å². The van der Waals surface area contributed by atoms with Gasteiger partial charge in [0.25, 0.3) is 0 Å². The molecule has 2 N–H and O–H groups in total. The van der Waals surface area contributed by atoms with Crippen molar-refractivity contribution in [3.05, 3.63) is 58.4 Å². The maximum absolute atomic E-state index is 11.8. The molecule has 0 radical (unpaired) electrons. The van der Waals surface area contributed by atoms with Gasteiger partial charge in [-0.1, -0.05) is 17.7 Å². The summed E-state index contributed by atoms with van der Waals surface area (Å²) in [7, 11) is 0. The van der Waals surface area contributed by atoms with Crippen molar-refractivity contribution in [1.82, 2.24) is 15.8 Å². The first-order valence-electron chi connectivity index (χ1n) is 8.32. The Hall–Kier alpha value is -2.60. The molecule has 0 saturated carbocycles. The molecule has 0 bridgehead atoms. The third-order valence-corrected chi connectivity index (χ3v) is 3.86. The predicted octanol–water partition coefficient (Wildman–Crippen LogP) is 2.90. The van der Waals surface area contributed by atoms with Gasteiger partial charge in [0, 0.05) is 23.3 Å². The number of nitrogens with zero attached hydrogens (tertiary/aromatic N) is 1. The predicted molar refractivity (Wildman–Crippen MR) is 99.9 cm³/mol. The molecule has 0 aliphatic heterocycles. The minimum Gasteiger partial charge on any atom is -0.493 e. The van der Waals surface area contributed by atoms with Crippen molar-refractivity contribution in [3.8, 4) is 5.75 Å². The van der Waals surface area contributed by atoms with Crippen molar-refractivity contribution in [2.24, 2.45) is 0 Å². The molecule has 7 heteroatoms. The van der Waals surface area contributed by atoms with Crippen LogP contribution in [-0.2, 0) is 16.0 Å². The van der Waals surface area contributed by atoms with Crippen molar-refractivity contribution in [2.75, 3.05) is 6.61 Å². The van der Waals surface area contributed by atoms with Crippen LogP contribution >= 0.6 is 11.6 Å². The van der Waals surface area contributed by atoms with E-state index in [-0.39, 0.29) is 24.7 Å². The summed E-state index contributed by atoms with van der Waals surface area (Å²) in [5.74, 6) is 0.184. The minimum atomic E-state index is -0.294. The van der Waals surface area contributed by atoms with Gasteiger partial charge in [-0.25, -0.2) is 0 Å². The van der Waals surface area contributed by atoms with Crippen molar-refractivity contribution in [2.45, 2.75) is 33.1 Å². The van der Waals surface area contributed by atoms with Crippen LogP contribution in [0.15, 0.2) is 36.5 Å². The maximum Gasteiger partial charge on any atom is 0.242 e. The summed E-state index contributed by atoms with van der Waals surface area (Å²) < 4.78 is 5.62. The lowest BCUT2D eigenvalue weighted by molar-refractivity contribution is -0.128. The molecule has 26 heavy (non-hydrogen) atoms. The van der Waals surface area contributed by atoms with E-state index in [1.54, 1.807) is 18.3 Å². The second kappa shape index (κ2) is 9.77. The number of pyridine rings is 1. The van der Waals surface area contributed by atoms with Crippen LogP contribution in [0, 0.1) is 13.8 Å². The Morgan fingerprint density at radius 3 is 2.58 bits per heavy atom. The number of hydrazine groups is 1. The third kappa shape index (κ3) is 6.72. The summed E-state index contributed by atoms with van der Waals surface area (Å²) in [6.45, 7) is 4.19. The number of aromatic nitrogens is 1. The van der Waals surface area contributed by atoms with Crippen molar-refractivity contribution in [1.29, 1.82) is 0 Å². The van der Waals surface area contributed by atoms with E-state index in [1.807, 2.05) is 32.0 Å². The maximum atomic E-state index is 11.8. The van der Waals surface area contributed by atoms with E-state index in [0.29, 0.717) is 18.1 Å².